The lowest BCUT2D eigenvalue weighted by molar-refractivity contribution is -0.142. The number of aliphatic imine (C=N–C) groups is 3. The number of nitrogens with zero attached hydrogens (tertiary/aromatic N) is 4. The van der Waals surface area contributed by atoms with Crippen molar-refractivity contribution in [3.8, 4) is 0 Å². The minimum Gasteiger partial charge on any atom is -0.480 e. The number of amides is 5. The van der Waals surface area contributed by atoms with Gasteiger partial charge >= 0.3 is 5.97 Å². The van der Waals surface area contributed by atoms with Crippen LogP contribution in [0.2, 0.25) is 0 Å². The number of aromatic nitrogens is 2. The zero-order valence-electron chi connectivity index (χ0n) is 28.6. The van der Waals surface area contributed by atoms with Gasteiger partial charge in [0.25, 0.3) is 0 Å². The van der Waals surface area contributed by atoms with Gasteiger partial charge in [0.15, 0.2) is 17.9 Å². The first kappa shape index (κ1) is 43.8. The number of nitrogens with two attached hydrogens (primary N) is 8. The SMILES string of the molecule is NC(=O)C[C@H](NC(=O)[C@H](CCCN=C(N)N)NC(=O)[C@H](Cc1cnc[nH]1)NC(=O)[C@@H](N)CCCN=C(N)N)C(=O)N[C@@H](CCCN=C(N)N)C(=O)O. The van der Waals surface area contributed by atoms with Crippen LogP contribution in [0.3, 0.4) is 0 Å². The van der Waals surface area contributed by atoms with Crippen molar-refractivity contribution in [1.82, 2.24) is 31.2 Å². The molecule has 0 saturated heterocycles. The third-order valence-electron chi connectivity index (χ3n) is 7.09. The highest BCUT2D eigenvalue weighted by Gasteiger charge is 2.32. The standard InChI is InChI=1S/C28H51N17O7/c29-15(4-1-7-38-26(31)32)21(47)44-18(10-14-12-37-13-41-14)23(49)42-16(5-2-8-39-27(33)34)22(48)45-19(11-20(30)46)24(50)43-17(25(51)52)6-3-9-40-28(35)36/h12-13,15-19H,1-11,29H2,(H2,30,46)(H,37,41)(H,42,49)(H,43,50)(H,44,47)(H,45,48)(H,51,52)(H4,31,32,38)(H4,33,34,39)(H4,35,36,40)/t15-,16-,17-,18-,19-/m0/s1. The summed E-state index contributed by atoms with van der Waals surface area (Å²) in [7, 11) is 0. The summed E-state index contributed by atoms with van der Waals surface area (Å²) in [4.78, 5) is 95.3. The third-order valence-corrected chi connectivity index (χ3v) is 7.09. The van der Waals surface area contributed by atoms with E-state index in [4.69, 9.17) is 45.9 Å². The highest BCUT2D eigenvalue weighted by Crippen LogP contribution is 2.07. The number of aliphatic carboxylic acids is 1. The predicted molar refractivity (Wildman–Crippen MR) is 189 cm³/mol. The first-order chi connectivity index (χ1) is 24.5. The second-order valence-electron chi connectivity index (χ2n) is 11.5. The van der Waals surface area contributed by atoms with Crippen molar-refractivity contribution in [2.45, 2.75) is 81.6 Å². The molecule has 1 rings (SSSR count). The van der Waals surface area contributed by atoms with Gasteiger partial charge in [-0.15, -0.1) is 0 Å². The van der Waals surface area contributed by atoms with Crippen LogP contribution in [0.15, 0.2) is 27.5 Å². The molecule has 290 valence electrons. The number of imidazole rings is 1. The Kier molecular flexibility index (Phi) is 19.6. The average Bonchev–Trinajstić information content (AvgIpc) is 3.57. The zero-order chi connectivity index (χ0) is 39.2. The van der Waals surface area contributed by atoms with E-state index in [1.54, 1.807) is 0 Å². The Hall–Kier alpha value is -6.20. The van der Waals surface area contributed by atoms with Gasteiger partial charge in [0.1, 0.15) is 24.2 Å². The fourth-order valence-electron chi connectivity index (χ4n) is 4.52. The maximum atomic E-state index is 13.7. The van der Waals surface area contributed by atoms with Crippen LogP contribution in [-0.2, 0) is 35.2 Å². The lowest BCUT2D eigenvalue weighted by Crippen LogP contribution is -2.59. The lowest BCUT2D eigenvalue weighted by Gasteiger charge is -2.26. The molecule has 22 N–H and O–H groups in total. The summed E-state index contributed by atoms with van der Waals surface area (Å²) >= 11 is 0. The molecule has 0 bridgehead atoms. The van der Waals surface area contributed by atoms with Crippen molar-refractivity contribution >= 4 is 53.4 Å². The molecule has 0 spiro atoms. The molecule has 1 aromatic heterocycles. The normalized spacial score (nSPS) is 13.5. The highest BCUT2D eigenvalue weighted by atomic mass is 16.4. The molecule has 24 nitrogen and oxygen atoms in total. The quantitative estimate of drug-likeness (QED) is 0.0252. The van der Waals surface area contributed by atoms with E-state index in [1.165, 1.54) is 12.5 Å². The molecule has 5 atom stereocenters. The summed E-state index contributed by atoms with van der Waals surface area (Å²) in [6.07, 6.45) is 2.68. The fourth-order valence-corrected chi connectivity index (χ4v) is 4.52. The first-order valence-electron chi connectivity index (χ1n) is 16.1. The minimum atomic E-state index is -1.64. The van der Waals surface area contributed by atoms with Crippen molar-refractivity contribution in [1.29, 1.82) is 0 Å². The van der Waals surface area contributed by atoms with Crippen LogP contribution in [0.1, 0.15) is 50.6 Å². The number of hydrogen-bond acceptors (Lipinski definition) is 11. The van der Waals surface area contributed by atoms with Gasteiger partial charge < -0.3 is 77.2 Å². The maximum absolute atomic E-state index is 13.7. The van der Waals surface area contributed by atoms with E-state index in [-0.39, 0.29) is 76.0 Å². The highest BCUT2D eigenvalue weighted by molar-refractivity contribution is 5.97. The first-order valence-corrected chi connectivity index (χ1v) is 16.1. The van der Waals surface area contributed by atoms with E-state index in [0.29, 0.717) is 12.1 Å². The number of nitrogens with one attached hydrogen (secondary N) is 5. The molecule has 5 amide bonds. The number of carbonyl (C=O) groups excluding carboxylic acids is 5. The number of hydrogen-bond donors (Lipinski definition) is 14. The summed E-state index contributed by atoms with van der Waals surface area (Å²) in [6.45, 7) is 0.358. The Balaban J connectivity index is 3.23. The molecule has 0 unspecified atom stereocenters. The Bertz CT molecular complexity index is 1420. The topological polar surface area (TPSA) is 445 Å². The van der Waals surface area contributed by atoms with E-state index >= 15 is 0 Å². The molecular formula is C28H51N17O7. The summed E-state index contributed by atoms with van der Waals surface area (Å²) in [5, 5.41) is 19.4. The number of carboxylic acids is 1. The molecule has 0 fully saturated rings. The number of primary amides is 1. The largest absolute Gasteiger partial charge is 0.480 e. The van der Waals surface area contributed by atoms with Crippen LogP contribution in [-0.4, -0.2) is 118 Å². The number of rotatable bonds is 25. The van der Waals surface area contributed by atoms with Crippen molar-refractivity contribution in [2.24, 2.45) is 60.8 Å². The molecule has 1 aromatic rings. The number of carboxylic acid groups (broad SMARTS) is 1. The van der Waals surface area contributed by atoms with Gasteiger partial charge in [0.2, 0.25) is 29.5 Å². The molecule has 52 heavy (non-hydrogen) atoms. The van der Waals surface area contributed by atoms with Gasteiger partial charge in [0, 0.05) is 37.9 Å². The van der Waals surface area contributed by atoms with Crippen molar-refractivity contribution in [2.75, 3.05) is 19.6 Å². The van der Waals surface area contributed by atoms with Gasteiger partial charge in [-0.05, 0) is 38.5 Å². The lowest BCUT2D eigenvalue weighted by atomic mass is 10.0. The van der Waals surface area contributed by atoms with Crippen LogP contribution in [0, 0.1) is 0 Å². The Morgan fingerprint density at radius 3 is 1.58 bits per heavy atom. The van der Waals surface area contributed by atoms with E-state index in [9.17, 15) is 33.9 Å². The maximum Gasteiger partial charge on any atom is 0.326 e. The predicted octanol–water partition coefficient (Wildman–Crippen LogP) is -6.66. The Morgan fingerprint density at radius 2 is 1.10 bits per heavy atom. The van der Waals surface area contributed by atoms with Crippen LogP contribution >= 0.6 is 0 Å². The minimum absolute atomic E-state index is 0.0519. The number of H-pyrrole nitrogens is 1. The van der Waals surface area contributed by atoms with Gasteiger partial charge in [-0.25, -0.2) is 9.78 Å². The zero-order valence-corrected chi connectivity index (χ0v) is 28.6. The molecule has 1 heterocycles. The van der Waals surface area contributed by atoms with Gasteiger partial charge in [-0.3, -0.25) is 38.9 Å². The second kappa shape index (κ2) is 23.2. The summed E-state index contributed by atoms with van der Waals surface area (Å²) < 4.78 is 0. The van der Waals surface area contributed by atoms with Gasteiger partial charge in [-0.1, -0.05) is 0 Å². The van der Waals surface area contributed by atoms with Crippen LogP contribution in [0.5, 0.6) is 0 Å². The third kappa shape index (κ3) is 18.5. The number of guanidine groups is 3. The average molecular weight is 738 g/mol. The molecule has 24 heteroatoms. The summed E-state index contributed by atoms with van der Waals surface area (Å²) in [6, 6.07) is -6.77. The fraction of sp³-hybridized carbons (Fsp3) is 0.571. The van der Waals surface area contributed by atoms with Crippen LogP contribution in [0.4, 0.5) is 0 Å². The molecule has 0 aliphatic rings. The second-order valence-corrected chi connectivity index (χ2v) is 11.5. The molecule has 0 radical (unpaired) electrons. The van der Waals surface area contributed by atoms with E-state index in [0.717, 1.165) is 0 Å². The molecular weight excluding hydrogens is 686 g/mol. The summed E-state index contributed by atoms with van der Waals surface area (Å²) in [5.41, 5.74) is 43.8. The van der Waals surface area contributed by atoms with Crippen molar-refractivity contribution in [3.05, 3.63) is 18.2 Å². The molecule has 0 aromatic carbocycles. The number of aromatic amines is 1. The van der Waals surface area contributed by atoms with E-state index < -0.39 is 72.1 Å². The summed E-state index contributed by atoms with van der Waals surface area (Å²) in [5.74, 6) is -6.40. The molecule has 0 aliphatic heterocycles. The number of carbonyl (C=O) groups is 6. The Morgan fingerprint density at radius 1 is 0.654 bits per heavy atom. The van der Waals surface area contributed by atoms with E-state index in [2.05, 4.69) is 46.2 Å². The van der Waals surface area contributed by atoms with Crippen molar-refractivity contribution < 1.29 is 33.9 Å². The smallest absolute Gasteiger partial charge is 0.326 e. The Labute approximate surface area is 298 Å². The monoisotopic (exact) mass is 737 g/mol. The van der Waals surface area contributed by atoms with E-state index in [1.807, 2.05) is 0 Å². The molecule has 0 saturated carbocycles. The van der Waals surface area contributed by atoms with Gasteiger partial charge in [0.05, 0.1) is 18.8 Å². The van der Waals surface area contributed by atoms with Crippen LogP contribution < -0.4 is 67.1 Å². The van der Waals surface area contributed by atoms with Crippen LogP contribution in [0.25, 0.3) is 0 Å². The van der Waals surface area contributed by atoms with Crippen molar-refractivity contribution in [3.63, 3.8) is 0 Å². The van der Waals surface area contributed by atoms with Gasteiger partial charge in [-0.2, -0.15) is 0 Å². The molecule has 0 aliphatic carbocycles.